The minimum Gasteiger partial charge on any atom is -0.465 e. The van der Waals surface area contributed by atoms with Crippen LogP contribution in [0.15, 0.2) is 54.6 Å². The van der Waals surface area contributed by atoms with Gasteiger partial charge in [0.15, 0.2) is 0 Å². The zero-order valence-corrected chi connectivity index (χ0v) is 11.4. The number of para-hydroxylation sites is 1. The number of carbonyl (C=O) groups is 1. The van der Waals surface area contributed by atoms with E-state index in [9.17, 15) is 9.90 Å². The lowest BCUT2D eigenvalue weighted by atomic mass is 9.80. The molecule has 3 nitrogen and oxygen atoms in total. The first-order chi connectivity index (χ1) is 9.63. The van der Waals surface area contributed by atoms with E-state index >= 15 is 0 Å². The molecule has 0 radical (unpaired) electrons. The Morgan fingerprint density at radius 3 is 2.45 bits per heavy atom. The number of anilines is 1. The second kappa shape index (κ2) is 4.67. The molecule has 1 aliphatic heterocycles. The van der Waals surface area contributed by atoms with E-state index in [0.29, 0.717) is 0 Å². The molecule has 102 valence electrons. The topological polar surface area (TPSA) is 40.5 Å². The lowest BCUT2D eigenvalue weighted by Crippen LogP contribution is -2.50. The Hall–Kier alpha value is -2.29. The molecule has 0 spiro atoms. The standard InChI is InChI=1S/C17H17NO2/c1-17(14-8-3-2-4-9-14)12-11-13-7-5-6-10-15(13)18(17)16(19)20/h2-10H,11-12H2,1H3,(H,19,20). The van der Waals surface area contributed by atoms with Gasteiger partial charge in [0.2, 0.25) is 0 Å². The molecule has 2 aromatic rings. The number of hydrogen-bond acceptors (Lipinski definition) is 1. The largest absolute Gasteiger partial charge is 0.465 e. The van der Waals surface area contributed by atoms with Crippen molar-refractivity contribution in [1.82, 2.24) is 0 Å². The normalized spacial score (nSPS) is 21.4. The van der Waals surface area contributed by atoms with Crippen LogP contribution in [-0.2, 0) is 12.0 Å². The van der Waals surface area contributed by atoms with Crippen LogP contribution >= 0.6 is 0 Å². The van der Waals surface area contributed by atoms with Crippen LogP contribution < -0.4 is 4.90 Å². The molecule has 1 N–H and O–H groups in total. The Labute approximate surface area is 118 Å². The van der Waals surface area contributed by atoms with Crippen molar-refractivity contribution in [3.63, 3.8) is 0 Å². The molecular formula is C17H17NO2. The summed E-state index contributed by atoms with van der Waals surface area (Å²) < 4.78 is 0. The fourth-order valence-electron chi connectivity index (χ4n) is 3.08. The van der Waals surface area contributed by atoms with Gasteiger partial charge in [0.05, 0.1) is 11.2 Å². The first kappa shape index (κ1) is 12.7. The van der Waals surface area contributed by atoms with Crippen LogP contribution in [0, 0.1) is 0 Å². The van der Waals surface area contributed by atoms with E-state index in [1.165, 1.54) is 4.90 Å². The molecule has 0 bridgehead atoms. The van der Waals surface area contributed by atoms with Crippen molar-refractivity contribution in [2.45, 2.75) is 25.3 Å². The van der Waals surface area contributed by atoms with Gasteiger partial charge >= 0.3 is 6.09 Å². The predicted octanol–water partition coefficient (Wildman–Crippen LogP) is 4.03. The van der Waals surface area contributed by atoms with Crippen molar-refractivity contribution in [3.05, 3.63) is 65.7 Å². The average molecular weight is 267 g/mol. The summed E-state index contributed by atoms with van der Waals surface area (Å²) in [6.45, 7) is 2.01. The molecule has 0 saturated heterocycles. The average Bonchev–Trinajstić information content (AvgIpc) is 2.47. The Morgan fingerprint density at radius 1 is 1.10 bits per heavy atom. The molecular weight excluding hydrogens is 250 g/mol. The number of rotatable bonds is 1. The quantitative estimate of drug-likeness (QED) is 0.847. The van der Waals surface area contributed by atoms with Crippen molar-refractivity contribution in [2.24, 2.45) is 0 Å². The summed E-state index contributed by atoms with van der Waals surface area (Å²) in [4.78, 5) is 13.3. The van der Waals surface area contributed by atoms with Gasteiger partial charge in [0, 0.05) is 0 Å². The molecule has 0 fully saturated rings. The number of benzene rings is 2. The molecule has 20 heavy (non-hydrogen) atoms. The smallest absolute Gasteiger partial charge is 0.412 e. The van der Waals surface area contributed by atoms with Gasteiger partial charge in [-0.25, -0.2) is 4.79 Å². The maximum absolute atomic E-state index is 11.8. The third kappa shape index (κ3) is 1.86. The summed E-state index contributed by atoms with van der Waals surface area (Å²) in [6.07, 6.45) is 0.787. The molecule has 2 aromatic carbocycles. The predicted molar refractivity (Wildman–Crippen MR) is 79.1 cm³/mol. The van der Waals surface area contributed by atoms with Crippen LogP contribution in [0.25, 0.3) is 0 Å². The lowest BCUT2D eigenvalue weighted by molar-refractivity contribution is 0.190. The van der Waals surface area contributed by atoms with Gasteiger partial charge in [0.1, 0.15) is 0 Å². The van der Waals surface area contributed by atoms with Gasteiger partial charge in [-0.05, 0) is 37.0 Å². The Bertz CT molecular complexity index is 638. The number of carboxylic acid groups (broad SMARTS) is 1. The highest BCUT2D eigenvalue weighted by atomic mass is 16.4. The second-order valence-corrected chi connectivity index (χ2v) is 5.39. The number of fused-ring (bicyclic) bond motifs is 1. The van der Waals surface area contributed by atoms with Crippen molar-refractivity contribution in [1.29, 1.82) is 0 Å². The third-order valence-electron chi connectivity index (χ3n) is 4.19. The summed E-state index contributed by atoms with van der Waals surface area (Å²) in [7, 11) is 0. The first-order valence-electron chi connectivity index (χ1n) is 6.79. The number of amides is 1. The van der Waals surface area contributed by atoms with Crippen molar-refractivity contribution < 1.29 is 9.90 Å². The van der Waals surface area contributed by atoms with E-state index in [1.807, 2.05) is 61.5 Å². The van der Waals surface area contributed by atoms with Gasteiger partial charge in [-0.2, -0.15) is 0 Å². The van der Waals surface area contributed by atoms with E-state index in [4.69, 9.17) is 0 Å². The van der Waals surface area contributed by atoms with Gasteiger partial charge in [0.25, 0.3) is 0 Å². The summed E-state index contributed by atoms with van der Waals surface area (Å²) in [5.41, 5.74) is 2.43. The summed E-state index contributed by atoms with van der Waals surface area (Å²) in [5.74, 6) is 0. The number of hydrogen-bond donors (Lipinski definition) is 1. The van der Waals surface area contributed by atoms with Crippen LogP contribution in [0.4, 0.5) is 10.5 Å². The minimum atomic E-state index is -0.900. The zero-order chi connectivity index (χ0) is 14.2. The maximum Gasteiger partial charge on any atom is 0.412 e. The minimum absolute atomic E-state index is 0.512. The third-order valence-corrected chi connectivity index (χ3v) is 4.19. The van der Waals surface area contributed by atoms with Crippen LogP contribution in [0.3, 0.4) is 0 Å². The van der Waals surface area contributed by atoms with E-state index in [-0.39, 0.29) is 0 Å². The molecule has 0 aromatic heterocycles. The molecule has 0 saturated carbocycles. The van der Waals surface area contributed by atoms with E-state index < -0.39 is 11.6 Å². The summed E-state index contributed by atoms with van der Waals surface area (Å²) in [5, 5.41) is 9.71. The van der Waals surface area contributed by atoms with Crippen LogP contribution in [0.5, 0.6) is 0 Å². The maximum atomic E-state index is 11.8. The highest BCUT2D eigenvalue weighted by Gasteiger charge is 2.41. The van der Waals surface area contributed by atoms with Gasteiger partial charge in [-0.3, -0.25) is 4.90 Å². The monoisotopic (exact) mass is 267 g/mol. The van der Waals surface area contributed by atoms with Crippen molar-refractivity contribution >= 4 is 11.8 Å². The molecule has 3 heteroatoms. The van der Waals surface area contributed by atoms with Crippen LogP contribution in [0.1, 0.15) is 24.5 Å². The number of nitrogens with zero attached hydrogens (tertiary/aromatic N) is 1. The lowest BCUT2D eigenvalue weighted by Gasteiger charge is -2.44. The Balaban J connectivity index is 2.16. The van der Waals surface area contributed by atoms with Crippen molar-refractivity contribution in [2.75, 3.05) is 4.90 Å². The van der Waals surface area contributed by atoms with E-state index in [2.05, 4.69) is 0 Å². The fraction of sp³-hybridized carbons (Fsp3) is 0.235. The molecule has 3 rings (SSSR count). The van der Waals surface area contributed by atoms with Gasteiger partial charge in [-0.1, -0.05) is 48.5 Å². The van der Waals surface area contributed by atoms with Crippen LogP contribution in [0.2, 0.25) is 0 Å². The zero-order valence-electron chi connectivity index (χ0n) is 11.4. The first-order valence-corrected chi connectivity index (χ1v) is 6.79. The molecule has 1 unspecified atom stereocenters. The van der Waals surface area contributed by atoms with E-state index in [0.717, 1.165) is 29.7 Å². The highest BCUT2D eigenvalue weighted by Crippen LogP contribution is 2.42. The molecule has 1 heterocycles. The molecule has 1 aliphatic rings. The summed E-state index contributed by atoms with van der Waals surface area (Å²) >= 11 is 0. The molecule has 0 aliphatic carbocycles. The number of aryl methyl sites for hydroxylation is 1. The SMILES string of the molecule is CC1(c2ccccc2)CCc2ccccc2N1C(=O)O. The molecule has 1 atom stereocenters. The van der Waals surface area contributed by atoms with Crippen molar-refractivity contribution in [3.8, 4) is 0 Å². The molecule has 1 amide bonds. The fourth-order valence-corrected chi connectivity index (χ4v) is 3.08. The summed E-state index contributed by atoms with van der Waals surface area (Å²) in [6, 6.07) is 17.6. The van der Waals surface area contributed by atoms with E-state index in [1.54, 1.807) is 0 Å². The Kier molecular flexibility index (Phi) is 2.97. The highest BCUT2D eigenvalue weighted by molar-refractivity contribution is 5.90. The Morgan fingerprint density at radius 2 is 1.75 bits per heavy atom. The van der Waals surface area contributed by atoms with Gasteiger partial charge < -0.3 is 5.11 Å². The van der Waals surface area contributed by atoms with Gasteiger partial charge in [-0.15, -0.1) is 0 Å². The van der Waals surface area contributed by atoms with Crippen LogP contribution in [-0.4, -0.2) is 11.2 Å². The second-order valence-electron chi connectivity index (χ2n) is 5.39.